The number of nitriles is 1. The van der Waals surface area contributed by atoms with Crippen molar-refractivity contribution in [2.24, 2.45) is 12.8 Å². The van der Waals surface area contributed by atoms with Gasteiger partial charge in [-0.1, -0.05) is 12.1 Å². The van der Waals surface area contributed by atoms with Gasteiger partial charge >= 0.3 is 0 Å². The number of nitrogens with two attached hydrogens (primary N) is 1. The molecule has 152 valence electrons. The fourth-order valence-corrected chi connectivity index (χ4v) is 4.49. The molecule has 1 atom stereocenters. The molecule has 0 amide bonds. The minimum Gasteiger partial charge on any atom is -0.493 e. The quantitative estimate of drug-likeness (QED) is 0.632. The molecule has 8 heteroatoms. The molecule has 30 heavy (non-hydrogen) atoms. The van der Waals surface area contributed by atoms with Gasteiger partial charge in [0.2, 0.25) is 5.88 Å². The van der Waals surface area contributed by atoms with Crippen LogP contribution in [0.25, 0.3) is 10.9 Å². The number of rotatable bonds is 3. The van der Waals surface area contributed by atoms with Crippen LogP contribution in [-0.4, -0.2) is 18.8 Å². The van der Waals surface area contributed by atoms with Gasteiger partial charge in [0.25, 0.3) is 5.56 Å². The molecule has 0 aliphatic carbocycles. The Bertz CT molecular complexity index is 1320. The average Bonchev–Trinajstić information content (AvgIpc) is 2.75. The van der Waals surface area contributed by atoms with Crippen molar-refractivity contribution in [3.05, 3.63) is 73.8 Å². The minimum atomic E-state index is -0.724. The molecule has 1 aliphatic rings. The van der Waals surface area contributed by atoms with Crippen molar-refractivity contribution in [3.63, 3.8) is 0 Å². The Morgan fingerprint density at radius 2 is 1.97 bits per heavy atom. The van der Waals surface area contributed by atoms with E-state index in [1.807, 2.05) is 24.3 Å². The Labute approximate surface area is 181 Å². The van der Waals surface area contributed by atoms with Crippen LogP contribution >= 0.6 is 15.9 Å². The van der Waals surface area contributed by atoms with Crippen LogP contribution in [0.2, 0.25) is 0 Å². The summed E-state index contributed by atoms with van der Waals surface area (Å²) in [6.45, 7) is 0. The number of hydrogen-bond donors (Lipinski definition) is 1. The fraction of sp³-hybridized carbons (Fsp3) is 0.182. The number of para-hydroxylation sites is 1. The van der Waals surface area contributed by atoms with E-state index in [0.717, 1.165) is 5.39 Å². The Morgan fingerprint density at radius 1 is 1.23 bits per heavy atom. The molecule has 0 radical (unpaired) electrons. The van der Waals surface area contributed by atoms with Gasteiger partial charge in [-0.2, -0.15) is 5.26 Å². The second kappa shape index (κ2) is 7.43. The molecule has 2 N–H and O–H groups in total. The average molecular weight is 468 g/mol. The van der Waals surface area contributed by atoms with Crippen LogP contribution in [0.15, 0.2) is 57.1 Å². The molecule has 0 saturated carbocycles. The van der Waals surface area contributed by atoms with Crippen LogP contribution in [0.5, 0.6) is 17.2 Å². The van der Waals surface area contributed by atoms with E-state index in [4.69, 9.17) is 19.9 Å². The molecule has 7 nitrogen and oxygen atoms in total. The minimum absolute atomic E-state index is 0.0284. The smallest absolute Gasteiger partial charge is 0.258 e. The zero-order valence-electron chi connectivity index (χ0n) is 16.5. The van der Waals surface area contributed by atoms with Crippen molar-refractivity contribution in [3.8, 4) is 23.3 Å². The number of aromatic nitrogens is 1. The normalized spacial score (nSPS) is 15.4. The van der Waals surface area contributed by atoms with E-state index >= 15 is 0 Å². The number of hydrogen-bond acceptors (Lipinski definition) is 6. The van der Waals surface area contributed by atoms with Crippen molar-refractivity contribution >= 4 is 26.8 Å². The predicted octanol–water partition coefficient (Wildman–Crippen LogP) is 3.54. The van der Waals surface area contributed by atoms with Crippen LogP contribution in [0.4, 0.5) is 0 Å². The van der Waals surface area contributed by atoms with Crippen molar-refractivity contribution in [2.75, 3.05) is 14.2 Å². The third-order valence-corrected chi connectivity index (χ3v) is 5.84. The molecule has 0 saturated heterocycles. The summed E-state index contributed by atoms with van der Waals surface area (Å²) in [7, 11) is 4.75. The Morgan fingerprint density at radius 3 is 2.63 bits per heavy atom. The third-order valence-electron chi connectivity index (χ3n) is 5.25. The first kappa shape index (κ1) is 19.9. The maximum atomic E-state index is 13.4. The molecule has 2 aromatic carbocycles. The zero-order chi connectivity index (χ0) is 21.6. The predicted molar refractivity (Wildman–Crippen MR) is 116 cm³/mol. The maximum Gasteiger partial charge on any atom is 0.258 e. The van der Waals surface area contributed by atoms with Gasteiger partial charge in [-0.3, -0.25) is 4.79 Å². The summed E-state index contributed by atoms with van der Waals surface area (Å²) in [5, 5.41) is 10.6. The number of fused-ring (bicyclic) bond motifs is 3. The van der Waals surface area contributed by atoms with Gasteiger partial charge in [0.15, 0.2) is 11.5 Å². The van der Waals surface area contributed by atoms with Crippen molar-refractivity contribution in [1.29, 1.82) is 5.26 Å². The summed E-state index contributed by atoms with van der Waals surface area (Å²) in [5.74, 6) is 0.581. The molecule has 0 spiro atoms. The van der Waals surface area contributed by atoms with Crippen LogP contribution in [-0.2, 0) is 7.05 Å². The van der Waals surface area contributed by atoms with E-state index < -0.39 is 5.92 Å². The number of pyridine rings is 1. The topological polar surface area (TPSA) is 99.5 Å². The molecule has 1 unspecified atom stereocenters. The monoisotopic (exact) mass is 467 g/mol. The SMILES string of the molecule is COc1cc(C2C(C#N)=C(N)Oc3c2c(=O)n(C)c2ccccc32)cc(Br)c1OC. The van der Waals surface area contributed by atoms with E-state index in [1.165, 1.54) is 14.2 Å². The number of benzene rings is 2. The van der Waals surface area contributed by atoms with Crippen molar-refractivity contribution < 1.29 is 14.2 Å². The lowest BCUT2D eigenvalue weighted by Crippen LogP contribution is -2.31. The molecule has 0 fully saturated rings. The highest BCUT2D eigenvalue weighted by molar-refractivity contribution is 9.10. The number of aryl methyl sites for hydroxylation is 1. The van der Waals surface area contributed by atoms with Gasteiger partial charge in [0.1, 0.15) is 17.4 Å². The summed E-state index contributed by atoms with van der Waals surface area (Å²) >= 11 is 3.49. The zero-order valence-corrected chi connectivity index (χ0v) is 18.1. The molecule has 4 rings (SSSR count). The highest BCUT2D eigenvalue weighted by Crippen LogP contribution is 2.46. The number of halogens is 1. The van der Waals surface area contributed by atoms with Crippen molar-refractivity contribution in [1.82, 2.24) is 4.57 Å². The van der Waals surface area contributed by atoms with Gasteiger partial charge in [0.05, 0.1) is 35.7 Å². The first-order chi connectivity index (χ1) is 14.4. The van der Waals surface area contributed by atoms with Crippen LogP contribution in [0.1, 0.15) is 17.0 Å². The number of nitrogens with zero attached hydrogens (tertiary/aromatic N) is 2. The van der Waals surface area contributed by atoms with E-state index in [1.54, 1.807) is 23.7 Å². The third kappa shape index (κ3) is 2.82. The van der Waals surface area contributed by atoms with E-state index in [0.29, 0.717) is 38.4 Å². The standard InChI is InChI=1S/C22H18BrN3O4/c1-26-15-7-5-4-6-12(15)19-18(22(26)27)17(13(10-24)21(25)30-19)11-8-14(23)20(29-3)16(9-11)28-2/h4-9,17H,25H2,1-3H3. The molecule has 2 heterocycles. The lowest BCUT2D eigenvalue weighted by atomic mass is 9.83. The summed E-state index contributed by atoms with van der Waals surface area (Å²) < 4.78 is 18.8. The van der Waals surface area contributed by atoms with Crippen molar-refractivity contribution in [2.45, 2.75) is 5.92 Å². The van der Waals surface area contributed by atoms with Gasteiger partial charge in [0, 0.05) is 12.4 Å². The van der Waals surface area contributed by atoms with Crippen LogP contribution in [0, 0.1) is 11.3 Å². The van der Waals surface area contributed by atoms with Gasteiger partial charge in [-0.25, -0.2) is 0 Å². The number of methoxy groups -OCH3 is 2. The van der Waals surface area contributed by atoms with E-state index in [9.17, 15) is 10.1 Å². The second-order valence-electron chi connectivity index (χ2n) is 6.79. The van der Waals surface area contributed by atoms with Gasteiger partial charge in [-0.05, 0) is 45.8 Å². The molecular formula is C22H18BrN3O4. The lowest BCUT2D eigenvalue weighted by Gasteiger charge is -2.28. The van der Waals surface area contributed by atoms with Crippen LogP contribution in [0.3, 0.4) is 0 Å². The summed E-state index contributed by atoms with van der Waals surface area (Å²) in [6.07, 6.45) is 0. The molecular weight excluding hydrogens is 450 g/mol. The largest absolute Gasteiger partial charge is 0.493 e. The lowest BCUT2D eigenvalue weighted by molar-refractivity contribution is 0.352. The van der Waals surface area contributed by atoms with Gasteiger partial charge < -0.3 is 24.5 Å². The molecule has 1 aromatic heterocycles. The van der Waals surface area contributed by atoms with Crippen LogP contribution < -0.4 is 25.5 Å². The van der Waals surface area contributed by atoms with Gasteiger partial charge in [-0.15, -0.1) is 0 Å². The Kier molecular flexibility index (Phi) is 4.92. The summed E-state index contributed by atoms with van der Waals surface area (Å²) in [5.41, 5.74) is 7.74. The van der Waals surface area contributed by atoms with E-state index in [2.05, 4.69) is 22.0 Å². The molecule has 1 aliphatic heterocycles. The number of ether oxygens (including phenoxy) is 3. The second-order valence-corrected chi connectivity index (χ2v) is 7.64. The molecule has 0 bridgehead atoms. The highest BCUT2D eigenvalue weighted by Gasteiger charge is 2.36. The Balaban J connectivity index is 2.11. The summed E-state index contributed by atoms with van der Waals surface area (Å²) in [6, 6.07) is 13.1. The highest BCUT2D eigenvalue weighted by atomic mass is 79.9. The number of allylic oxidation sites excluding steroid dienone is 1. The summed E-state index contributed by atoms with van der Waals surface area (Å²) in [4.78, 5) is 13.4. The fourth-order valence-electron chi connectivity index (χ4n) is 3.86. The maximum absolute atomic E-state index is 13.4. The first-order valence-corrected chi connectivity index (χ1v) is 9.82. The Hall–Kier alpha value is -3.44. The molecule has 3 aromatic rings. The first-order valence-electron chi connectivity index (χ1n) is 9.03. The van der Waals surface area contributed by atoms with E-state index in [-0.39, 0.29) is 17.0 Å².